The summed E-state index contributed by atoms with van der Waals surface area (Å²) in [5, 5.41) is 3.14. The molecule has 0 radical (unpaired) electrons. The number of nitrogens with one attached hydrogen (secondary N) is 1. The maximum Gasteiger partial charge on any atom is 0.223 e. The molecule has 1 aromatic carbocycles. The summed E-state index contributed by atoms with van der Waals surface area (Å²) in [6.45, 7) is 2.60. The number of aromatic nitrogens is 1. The molecule has 4 nitrogen and oxygen atoms in total. The van der Waals surface area contributed by atoms with Crippen molar-refractivity contribution in [3.63, 3.8) is 0 Å². The Morgan fingerprint density at radius 3 is 2.89 bits per heavy atom. The number of amides is 1. The molecular formula is C23H24N2O2. The van der Waals surface area contributed by atoms with Crippen LogP contribution in [-0.4, -0.2) is 23.5 Å². The van der Waals surface area contributed by atoms with Crippen LogP contribution in [0.25, 0.3) is 11.3 Å². The van der Waals surface area contributed by atoms with Crippen LogP contribution >= 0.6 is 0 Å². The Labute approximate surface area is 159 Å². The lowest BCUT2D eigenvalue weighted by Gasteiger charge is -2.19. The monoisotopic (exact) mass is 360 g/mol. The molecule has 27 heavy (non-hydrogen) atoms. The molecule has 1 aliphatic heterocycles. The quantitative estimate of drug-likeness (QED) is 0.846. The highest BCUT2D eigenvalue weighted by Gasteiger charge is 2.40. The lowest BCUT2D eigenvalue weighted by atomic mass is 9.93. The maximum atomic E-state index is 12.6. The second-order valence-corrected chi connectivity index (χ2v) is 8.09. The molecule has 2 aliphatic carbocycles. The fourth-order valence-corrected chi connectivity index (χ4v) is 4.71. The van der Waals surface area contributed by atoms with E-state index < -0.39 is 0 Å². The van der Waals surface area contributed by atoms with E-state index in [1.165, 1.54) is 5.56 Å². The molecule has 0 unspecified atom stereocenters. The summed E-state index contributed by atoms with van der Waals surface area (Å²) in [4.78, 5) is 17.1. The van der Waals surface area contributed by atoms with Crippen LogP contribution in [-0.2, 0) is 11.2 Å². The van der Waals surface area contributed by atoms with Gasteiger partial charge in [0.1, 0.15) is 11.9 Å². The van der Waals surface area contributed by atoms with Gasteiger partial charge >= 0.3 is 0 Å². The van der Waals surface area contributed by atoms with E-state index in [-0.39, 0.29) is 17.9 Å². The molecule has 1 fully saturated rings. The van der Waals surface area contributed by atoms with E-state index in [0.29, 0.717) is 18.4 Å². The first-order valence-electron chi connectivity index (χ1n) is 9.85. The molecule has 1 aromatic heterocycles. The number of pyridine rings is 1. The second-order valence-electron chi connectivity index (χ2n) is 8.09. The van der Waals surface area contributed by atoms with E-state index in [9.17, 15) is 4.79 Å². The van der Waals surface area contributed by atoms with Crippen molar-refractivity contribution in [2.45, 2.75) is 32.3 Å². The van der Waals surface area contributed by atoms with E-state index >= 15 is 0 Å². The van der Waals surface area contributed by atoms with Crippen molar-refractivity contribution in [1.82, 2.24) is 10.3 Å². The molecule has 0 spiro atoms. The number of hydrogen-bond acceptors (Lipinski definition) is 3. The predicted molar refractivity (Wildman–Crippen MR) is 104 cm³/mol. The lowest BCUT2D eigenvalue weighted by molar-refractivity contribution is -0.126. The van der Waals surface area contributed by atoms with Crippen molar-refractivity contribution in [2.75, 3.05) is 6.54 Å². The van der Waals surface area contributed by atoms with E-state index in [0.717, 1.165) is 41.8 Å². The Morgan fingerprint density at radius 2 is 2.15 bits per heavy atom. The normalized spacial score (nSPS) is 27.4. The Bertz CT molecular complexity index is 903. The Kier molecular flexibility index (Phi) is 4.00. The third-order valence-electron chi connectivity index (χ3n) is 6.14. The molecule has 4 heteroatoms. The number of ether oxygens (including phenoxy) is 1. The zero-order valence-corrected chi connectivity index (χ0v) is 15.5. The highest BCUT2D eigenvalue weighted by Crippen LogP contribution is 2.43. The smallest absolute Gasteiger partial charge is 0.223 e. The summed E-state index contributed by atoms with van der Waals surface area (Å²) in [5.41, 5.74) is 4.29. The van der Waals surface area contributed by atoms with Crippen molar-refractivity contribution in [2.24, 2.45) is 17.8 Å². The number of hydrogen-bond donors (Lipinski definition) is 1. The standard InChI is InChI=1S/C23H24N2O2/c1-14-5-8-21(24-12-14)19-4-2-3-17-11-18(27-22(17)19)13-25-23(26)20-10-15-6-7-16(20)9-15/h2-8,12,15-16,18,20H,9-11,13H2,1H3,(H,25,26)/t15-,16+,18-,20+/m1/s1. The SMILES string of the molecule is Cc1ccc(-c2cccc3c2O[C@@H](CNC(=O)[C@H]2C[C@@H]4C=C[C@H]2C4)C3)nc1. The molecule has 1 saturated carbocycles. The first-order chi connectivity index (χ1) is 13.2. The van der Waals surface area contributed by atoms with Crippen molar-refractivity contribution < 1.29 is 9.53 Å². The molecule has 138 valence electrons. The van der Waals surface area contributed by atoms with Crippen molar-refractivity contribution in [3.8, 4) is 17.0 Å². The van der Waals surface area contributed by atoms with E-state index in [2.05, 4.69) is 46.7 Å². The van der Waals surface area contributed by atoms with E-state index in [1.807, 2.05) is 19.2 Å². The molecule has 5 rings (SSSR count). The van der Waals surface area contributed by atoms with Gasteiger partial charge in [0, 0.05) is 24.1 Å². The Morgan fingerprint density at radius 1 is 1.22 bits per heavy atom. The highest BCUT2D eigenvalue weighted by molar-refractivity contribution is 5.80. The van der Waals surface area contributed by atoms with E-state index in [1.54, 1.807) is 0 Å². The summed E-state index contributed by atoms with van der Waals surface area (Å²) >= 11 is 0. The molecular weight excluding hydrogens is 336 g/mol. The van der Waals surface area contributed by atoms with Crippen LogP contribution in [0.4, 0.5) is 0 Å². The number of allylic oxidation sites excluding steroid dienone is 2. The molecule has 3 aliphatic rings. The summed E-state index contributed by atoms with van der Waals surface area (Å²) in [6, 6.07) is 10.3. The third kappa shape index (κ3) is 3.03. The van der Waals surface area contributed by atoms with Crippen molar-refractivity contribution >= 4 is 5.91 Å². The number of carbonyl (C=O) groups is 1. The number of fused-ring (bicyclic) bond motifs is 3. The van der Waals surface area contributed by atoms with Crippen LogP contribution in [0.2, 0.25) is 0 Å². The number of para-hydroxylation sites is 1. The first kappa shape index (κ1) is 16.5. The number of aryl methyl sites for hydroxylation is 1. The van der Waals surface area contributed by atoms with Gasteiger partial charge in [0.25, 0.3) is 0 Å². The van der Waals surface area contributed by atoms with Crippen LogP contribution in [0.5, 0.6) is 5.75 Å². The minimum atomic E-state index is -0.00955. The zero-order chi connectivity index (χ0) is 18.4. The lowest BCUT2D eigenvalue weighted by Crippen LogP contribution is -2.39. The fraction of sp³-hybridized carbons (Fsp3) is 0.391. The predicted octanol–water partition coefficient (Wildman–Crippen LogP) is 3.69. The van der Waals surface area contributed by atoms with Gasteiger partial charge < -0.3 is 10.1 Å². The molecule has 2 bridgehead atoms. The fourth-order valence-electron chi connectivity index (χ4n) is 4.71. The van der Waals surface area contributed by atoms with Gasteiger partial charge in [-0.15, -0.1) is 0 Å². The largest absolute Gasteiger partial charge is 0.487 e. The highest BCUT2D eigenvalue weighted by atomic mass is 16.5. The van der Waals surface area contributed by atoms with Gasteiger partial charge in [0.05, 0.1) is 12.2 Å². The van der Waals surface area contributed by atoms with Gasteiger partial charge in [0.2, 0.25) is 5.91 Å². The van der Waals surface area contributed by atoms with Gasteiger partial charge in [-0.25, -0.2) is 0 Å². The van der Waals surface area contributed by atoms with Crippen molar-refractivity contribution in [1.29, 1.82) is 0 Å². The molecule has 2 heterocycles. The minimum absolute atomic E-state index is 0.00955. The molecule has 4 atom stereocenters. The van der Waals surface area contributed by atoms with Gasteiger partial charge in [-0.2, -0.15) is 0 Å². The van der Waals surface area contributed by atoms with Crippen LogP contribution in [0.1, 0.15) is 24.0 Å². The summed E-state index contributed by atoms with van der Waals surface area (Å²) in [7, 11) is 0. The van der Waals surface area contributed by atoms with E-state index in [4.69, 9.17) is 4.74 Å². The van der Waals surface area contributed by atoms with Crippen LogP contribution in [0, 0.1) is 24.7 Å². The number of benzene rings is 1. The average molecular weight is 360 g/mol. The van der Waals surface area contributed by atoms with Crippen LogP contribution < -0.4 is 10.1 Å². The van der Waals surface area contributed by atoms with Gasteiger partial charge in [-0.3, -0.25) is 9.78 Å². The van der Waals surface area contributed by atoms with Crippen molar-refractivity contribution in [3.05, 3.63) is 59.8 Å². The number of rotatable bonds is 4. The molecule has 0 saturated heterocycles. The van der Waals surface area contributed by atoms with Gasteiger partial charge in [-0.05, 0) is 54.9 Å². The van der Waals surface area contributed by atoms with Gasteiger partial charge in [-0.1, -0.05) is 30.4 Å². The average Bonchev–Trinajstić information content (AvgIpc) is 3.41. The number of nitrogens with zero attached hydrogens (tertiary/aromatic N) is 1. The summed E-state index contributed by atoms with van der Waals surface area (Å²) in [5.74, 6) is 2.30. The summed E-state index contributed by atoms with van der Waals surface area (Å²) < 4.78 is 6.23. The second kappa shape index (κ2) is 6.52. The minimum Gasteiger partial charge on any atom is -0.487 e. The first-order valence-corrected chi connectivity index (χ1v) is 9.85. The van der Waals surface area contributed by atoms with Gasteiger partial charge in [0.15, 0.2) is 0 Å². The maximum absolute atomic E-state index is 12.6. The zero-order valence-electron chi connectivity index (χ0n) is 15.5. The molecule has 1 amide bonds. The van der Waals surface area contributed by atoms with Crippen LogP contribution in [0.3, 0.4) is 0 Å². The topological polar surface area (TPSA) is 51.2 Å². The summed E-state index contributed by atoms with van der Waals surface area (Å²) in [6.07, 6.45) is 9.34. The Hall–Kier alpha value is -2.62. The molecule has 1 N–H and O–H groups in total. The third-order valence-corrected chi connectivity index (χ3v) is 6.14. The number of carbonyl (C=O) groups excluding carboxylic acids is 1. The van der Waals surface area contributed by atoms with Crippen LogP contribution in [0.15, 0.2) is 48.7 Å². The Balaban J connectivity index is 1.26. The molecule has 2 aromatic rings.